The van der Waals surface area contributed by atoms with Crippen LogP contribution in [0.2, 0.25) is 0 Å². The smallest absolute Gasteiger partial charge is 0.313 e. The zero-order valence-corrected chi connectivity index (χ0v) is 11.6. The number of hydrogen-bond donors (Lipinski definition) is 1. The first-order chi connectivity index (χ1) is 9.07. The lowest BCUT2D eigenvalue weighted by atomic mass is 10.1. The molecule has 0 aliphatic heterocycles. The Balaban J connectivity index is 1.98. The summed E-state index contributed by atoms with van der Waals surface area (Å²) in [7, 11) is 0. The Kier molecular flexibility index (Phi) is 3.01. The molecule has 1 saturated carbocycles. The average Bonchev–Trinajstić information content (AvgIpc) is 3.00. The van der Waals surface area contributed by atoms with Gasteiger partial charge >= 0.3 is 5.97 Å². The van der Waals surface area contributed by atoms with Crippen molar-refractivity contribution < 1.29 is 9.90 Å². The lowest BCUT2D eigenvalue weighted by molar-refractivity contribution is -0.133. The van der Waals surface area contributed by atoms with E-state index in [-0.39, 0.29) is 5.75 Å². The van der Waals surface area contributed by atoms with E-state index in [9.17, 15) is 4.79 Å². The molecule has 1 aromatic heterocycles. The van der Waals surface area contributed by atoms with Crippen molar-refractivity contribution in [2.24, 2.45) is 5.41 Å². The van der Waals surface area contributed by atoms with E-state index < -0.39 is 5.97 Å². The highest BCUT2D eigenvalue weighted by Gasteiger charge is 2.38. The first kappa shape index (κ1) is 12.5. The molecule has 3 rings (SSSR count). The molecule has 1 N–H and O–H groups in total. The van der Waals surface area contributed by atoms with Gasteiger partial charge in [-0.1, -0.05) is 30.8 Å². The first-order valence-corrected chi connectivity index (χ1v) is 7.36. The summed E-state index contributed by atoms with van der Waals surface area (Å²) >= 11 is 1.30. The van der Waals surface area contributed by atoms with Crippen LogP contribution in [-0.4, -0.2) is 26.4 Å². The summed E-state index contributed by atoms with van der Waals surface area (Å²) in [5.74, 6) is -0.749. The molecule has 0 saturated heterocycles. The number of carbonyl (C=O) groups is 1. The summed E-state index contributed by atoms with van der Waals surface area (Å²) in [4.78, 5) is 15.3. The number of thioether (sulfide) groups is 1. The molecule has 2 aromatic rings. The zero-order valence-electron chi connectivity index (χ0n) is 10.8. The summed E-state index contributed by atoms with van der Waals surface area (Å²) in [6.45, 7) is 3.20. The summed E-state index contributed by atoms with van der Waals surface area (Å²) in [5, 5.41) is 9.64. The fourth-order valence-corrected chi connectivity index (χ4v) is 2.93. The molecule has 1 aliphatic carbocycles. The lowest BCUT2D eigenvalue weighted by Crippen LogP contribution is -2.10. The third-order valence-corrected chi connectivity index (χ3v) is 4.55. The molecule has 0 amide bonds. The standard InChI is InChI=1S/C14H16N2O2S/c1-14(6-7-14)9-16-11-5-3-2-4-10(11)15-13(16)19-8-12(17)18/h2-5H,6-9H2,1H3,(H,17,18). The van der Waals surface area contributed by atoms with Crippen molar-refractivity contribution in [3.05, 3.63) is 24.3 Å². The lowest BCUT2D eigenvalue weighted by Gasteiger charge is -2.13. The maximum absolute atomic E-state index is 10.7. The van der Waals surface area contributed by atoms with Crippen molar-refractivity contribution in [3.8, 4) is 0 Å². The number of fused-ring (bicyclic) bond motifs is 1. The number of nitrogens with zero attached hydrogens (tertiary/aromatic N) is 2. The Morgan fingerprint density at radius 2 is 2.21 bits per heavy atom. The molecule has 1 fully saturated rings. The van der Waals surface area contributed by atoms with Crippen molar-refractivity contribution >= 4 is 28.8 Å². The highest BCUT2D eigenvalue weighted by Crippen LogP contribution is 2.47. The number of carboxylic acid groups (broad SMARTS) is 1. The van der Waals surface area contributed by atoms with Gasteiger partial charge in [0, 0.05) is 6.54 Å². The van der Waals surface area contributed by atoms with E-state index in [0.29, 0.717) is 5.41 Å². The molecule has 0 spiro atoms. The summed E-state index contributed by atoms with van der Waals surface area (Å²) < 4.78 is 2.18. The maximum Gasteiger partial charge on any atom is 0.313 e. The first-order valence-electron chi connectivity index (χ1n) is 6.37. The van der Waals surface area contributed by atoms with Crippen molar-refractivity contribution in [1.82, 2.24) is 9.55 Å². The normalized spacial score (nSPS) is 16.7. The van der Waals surface area contributed by atoms with Crippen LogP contribution in [0.25, 0.3) is 11.0 Å². The fourth-order valence-electron chi connectivity index (χ4n) is 2.20. The van der Waals surface area contributed by atoms with Gasteiger partial charge in [0.15, 0.2) is 5.16 Å². The van der Waals surface area contributed by atoms with Crippen LogP contribution in [0.5, 0.6) is 0 Å². The molecule has 0 bridgehead atoms. The topological polar surface area (TPSA) is 55.1 Å². The molecule has 5 heteroatoms. The van der Waals surface area contributed by atoms with Gasteiger partial charge < -0.3 is 9.67 Å². The molecule has 100 valence electrons. The van der Waals surface area contributed by atoms with Gasteiger partial charge in [0.25, 0.3) is 0 Å². The molecular weight excluding hydrogens is 260 g/mol. The van der Waals surface area contributed by atoms with Gasteiger partial charge in [-0.25, -0.2) is 4.98 Å². The van der Waals surface area contributed by atoms with Gasteiger partial charge in [-0.15, -0.1) is 0 Å². The average molecular weight is 276 g/mol. The Morgan fingerprint density at radius 3 is 2.89 bits per heavy atom. The van der Waals surface area contributed by atoms with Crippen LogP contribution in [0.4, 0.5) is 0 Å². The highest BCUT2D eigenvalue weighted by molar-refractivity contribution is 7.99. The van der Waals surface area contributed by atoms with Gasteiger partial charge in [0.1, 0.15) is 0 Å². The largest absolute Gasteiger partial charge is 0.481 e. The van der Waals surface area contributed by atoms with Crippen LogP contribution in [-0.2, 0) is 11.3 Å². The molecule has 0 atom stereocenters. The molecule has 1 aromatic carbocycles. The Hall–Kier alpha value is -1.49. The third kappa shape index (κ3) is 2.61. The molecule has 0 radical (unpaired) electrons. The Labute approximate surface area is 115 Å². The van der Waals surface area contributed by atoms with E-state index in [4.69, 9.17) is 5.11 Å². The third-order valence-electron chi connectivity index (χ3n) is 3.59. The second-order valence-corrected chi connectivity index (χ2v) is 6.40. The van der Waals surface area contributed by atoms with E-state index in [1.54, 1.807) is 0 Å². The number of imidazole rings is 1. The summed E-state index contributed by atoms with van der Waals surface area (Å²) in [6, 6.07) is 8.00. The number of benzene rings is 1. The zero-order chi connectivity index (χ0) is 13.5. The molecule has 1 aliphatic rings. The minimum Gasteiger partial charge on any atom is -0.481 e. The molecule has 1 heterocycles. The van der Waals surface area contributed by atoms with Crippen LogP contribution in [0, 0.1) is 5.41 Å². The number of rotatable bonds is 5. The van der Waals surface area contributed by atoms with E-state index in [1.165, 1.54) is 24.6 Å². The molecular formula is C14H16N2O2S. The van der Waals surface area contributed by atoms with Crippen molar-refractivity contribution in [2.75, 3.05) is 5.75 Å². The van der Waals surface area contributed by atoms with E-state index >= 15 is 0 Å². The predicted molar refractivity (Wildman–Crippen MR) is 75.4 cm³/mol. The van der Waals surface area contributed by atoms with Crippen LogP contribution >= 0.6 is 11.8 Å². The number of hydrogen-bond acceptors (Lipinski definition) is 3. The van der Waals surface area contributed by atoms with E-state index in [2.05, 4.69) is 22.5 Å². The predicted octanol–water partition coefficient (Wildman–Crippen LogP) is 3.01. The van der Waals surface area contributed by atoms with Gasteiger partial charge in [0.2, 0.25) is 0 Å². The van der Waals surface area contributed by atoms with Crippen LogP contribution in [0.15, 0.2) is 29.4 Å². The molecule has 0 unspecified atom stereocenters. The highest BCUT2D eigenvalue weighted by atomic mass is 32.2. The number of aliphatic carboxylic acids is 1. The maximum atomic E-state index is 10.7. The molecule has 4 nitrogen and oxygen atoms in total. The quantitative estimate of drug-likeness (QED) is 0.853. The van der Waals surface area contributed by atoms with Crippen LogP contribution in [0.3, 0.4) is 0 Å². The minimum absolute atomic E-state index is 0.0556. The van der Waals surface area contributed by atoms with Gasteiger partial charge in [-0.3, -0.25) is 4.79 Å². The summed E-state index contributed by atoms with van der Waals surface area (Å²) in [6.07, 6.45) is 2.48. The monoisotopic (exact) mass is 276 g/mol. The Bertz CT molecular complexity index is 631. The van der Waals surface area contributed by atoms with E-state index in [0.717, 1.165) is 22.7 Å². The summed E-state index contributed by atoms with van der Waals surface area (Å²) in [5.41, 5.74) is 2.41. The second-order valence-electron chi connectivity index (χ2n) is 5.46. The number of para-hydroxylation sites is 2. The van der Waals surface area contributed by atoms with Gasteiger partial charge in [-0.2, -0.15) is 0 Å². The molecule has 19 heavy (non-hydrogen) atoms. The van der Waals surface area contributed by atoms with Crippen molar-refractivity contribution in [2.45, 2.75) is 31.5 Å². The SMILES string of the molecule is CC1(Cn2c(SCC(=O)O)nc3ccccc32)CC1. The number of carboxylic acids is 1. The van der Waals surface area contributed by atoms with E-state index in [1.807, 2.05) is 18.2 Å². The second kappa shape index (κ2) is 4.56. The van der Waals surface area contributed by atoms with Crippen LogP contribution < -0.4 is 0 Å². The van der Waals surface area contributed by atoms with Gasteiger partial charge in [0.05, 0.1) is 16.8 Å². The number of aromatic nitrogens is 2. The van der Waals surface area contributed by atoms with Gasteiger partial charge in [-0.05, 0) is 30.4 Å². The van der Waals surface area contributed by atoms with Crippen molar-refractivity contribution in [1.29, 1.82) is 0 Å². The fraction of sp³-hybridized carbons (Fsp3) is 0.429. The Morgan fingerprint density at radius 1 is 1.47 bits per heavy atom. The minimum atomic E-state index is -0.804. The van der Waals surface area contributed by atoms with Crippen molar-refractivity contribution in [3.63, 3.8) is 0 Å². The van der Waals surface area contributed by atoms with Crippen LogP contribution in [0.1, 0.15) is 19.8 Å².